The molecule has 0 saturated carbocycles. The second-order valence-electron chi connectivity index (χ2n) is 18.2. The summed E-state index contributed by atoms with van der Waals surface area (Å²) in [6.45, 7) is 18.5. The first-order valence-electron chi connectivity index (χ1n) is 22.9. The normalized spacial score (nSPS) is 11.7. The summed E-state index contributed by atoms with van der Waals surface area (Å²) >= 11 is 0. The fourth-order valence-electron chi connectivity index (χ4n) is 10.5. The van der Waals surface area contributed by atoms with Crippen molar-refractivity contribution in [3.05, 3.63) is 215 Å². The number of hydrogen-bond donors (Lipinski definition) is 0. The zero-order valence-corrected chi connectivity index (χ0v) is 38.4. The Morgan fingerprint density at radius 3 is 1.02 bits per heavy atom. The van der Waals surface area contributed by atoms with Gasteiger partial charge in [0.05, 0.1) is 22.7 Å². The standard InChI is InChI=1S/C62H56N2/c1-39(2)55-37-57(63(47-25-17-11-18-26-47)61-41(5)29-31-49(43(61)7)45-21-13-9-14-22-45)53-36-34-52-56(40(3)4)38-58(54-35-33-51(55)59(53)60(52)54)64(48-27-19-12-20-28-48)62-42(6)30-32-50(44(62)8)46-23-15-10-16-24-46/h9-40H,1-8H3. The van der Waals surface area contributed by atoms with Crippen molar-refractivity contribution in [2.24, 2.45) is 0 Å². The molecule has 0 aromatic heterocycles. The fourth-order valence-corrected chi connectivity index (χ4v) is 10.5. The lowest BCUT2D eigenvalue weighted by molar-refractivity contribution is 0.875. The van der Waals surface area contributed by atoms with Crippen molar-refractivity contribution >= 4 is 66.4 Å². The second kappa shape index (κ2) is 16.5. The van der Waals surface area contributed by atoms with Crippen LogP contribution < -0.4 is 9.80 Å². The van der Waals surface area contributed by atoms with Gasteiger partial charge in [0.2, 0.25) is 0 Å². The highest BCUT2D eigenvalue weighted by atomic mass is 15.2. The van der Waals surface area contributed by atoms with E-state index in [2.05, 4.69) is 247 Å². The average molecular weight is 829 g/mol. The van der Waals surface area contributed by atoms with E-state index in [1.54, 1.807) is 0 Å². The van der Waals surface area contributed by atoms with E-state index in [9.17, 15) is 0 Å². The maximum atomic E-state index is 2.55. The van der Waals surface area contributed by atoms with E-state index < -0.39 is 0 Å². The minimum atomic E-state index is 0.287. The molecule has 0 bridgehead atoms. The smallest absolute Gasteiger partial charge is 0.0543 e. The van der Waals surface area contributed by atoms with Crippen LogP contribution in [0.5, 0.6) is 0 Å². The second-order valence-corrected chi connectivity index (χ2v) is 18.2. The molecule has 0 N–H and O–H groups in total. The summed E-state index contributed by atoms with van der Waals surface area (Å²) in [5, 5.41) is 7.80. The van der Waals surface area contributed by atoms with Gasteiger partial charge in [-0.1, -0.05) is 173 Å². The molecule has 10 rings (SSSR count). The van der Waals surface area contributed by atoms with Crippen LogP contribution in [-0.4, -0.2) is 0 Å². The van der Waals surface area contributed by atoms with Crippen molar-refractivity contribution in [2.45, 2.75) is 67.2 Å². The van der Waals surface area contributed by atoms with Crippen molar-refractivity contribution in [3.63, 3.8) is 0 Å². The Kier molecular flexibility index (Phi) is 10.6. The Bertz CT molecular complexity index is 3070. The topological polar surface area (TPSA) is 6.48 Å². The van der Waals surface area contributed by atoms with Crippen LogP contribution in [0.4, 0.5) is 34.1 Å². The first-order valence-corrected chi connectivity index (χ1v) is 22.9. The monoisotopic (exact) mass is 828 g/mol. The molecule has 0 aliphatic carbocycles. The molecule has 0 heterocycles. The van der Waals surface area contributed by atoms with Gasteiger partial charge in [-0.15, -0.1) is 0 Å². The number of benzene rings is 10. The molecule has 2 heteroatoms. The van der Waals surface area contributed by atoms with E-state index in [1.807, 2.05) is 0 Å². The maximum absolute atomic E-state index is 2.55. The third kappa shape index (κ3) is 6.81. The molecule has 0 unspecified atom stereocenters. The lowest BCUT2D eigenvalue weighted by Crippen LogP contribution is -2.15. The minimum Gasteiger partial charge on any atom is -0.309 e. The minimum absolute atomic E-state index is 0.287. The van der Waals surface area contributed by atoms with Crippen molar-refractivity contribution in [3.8, 4) is 22.3 Å². The zero-order valence-electron chi connectivity index (χ0n) is 38.4. The maximum Gasteiger partial charge on any atom is 0.0543 e. The zero-order chi connectivity index (χ0) is 44.2. The van der Waals surface area contributed by atoms with Crippen molar-refractivity contribution < 1.29 is 0 Å². The lowest BCUT2D eigenvalue weighted by atomic mass is 9.83. The van der Waals surface area contributed by atoms with Crippen LogP contribution in [0, 0.1) is 27.7 Å². The van der Waals surface area contributed by atoms with Gasteiger partial charge in [-0.05, 0) is 153 Å². The van der Waals surface area contributed by atoms with Crippen LogP contribution in [-0.2, 0) is 0 Å². The van der Waals surface area contributed by atoms with Crippen LogP contribution in [0.25, 0.3) is 54.6 Å². The summed E-state index contributed by atoms with van der Waals surface area (Å²) in [4.78, 5) is 5.11. The van der Waals surface area contributed by atoms with Crippen molar-refractivity contribution in [1.29, 1.82) is 0 Å². The number of rotatable bonds is 10. The Hall–Kier alpha value is -7.16. The Labute approximate surface area is 379 Å². The molecule has 2 nitrogen and oxygen atoms in total. The molecule has 0 amide bonds. The van der Waals surface area contributed by atoms with Gasteiger partial charge in [0, 0.05) is 22.1 Å². The van der Waals surface area contributed by atoms with E-state index in [0.717, 1.165) is 11.4 Å². The van der Waals surface area contributed by atoms with Crippen LogP contribution >= 0.6 is 0 Å². The third-order valence-electron chi connectivity index (χ3n) is 13.6. The van der Waals surface area contributed by atoms with Gasteiger partial charge < -0.3 is 9.80 Å². The van der Waals surface area contributed by atoms with E-state index in [-0.39, 0.29) is 11.8 Å². The van der Waals surface area contributed by atoms with E-state index >= 15 is 0 Å². The number of para-hydroxylation sites is 2. The first kappa shape index (κ1) is 40.9. The number of anilines is 6. The van der Waals surface area contributed by atoms with Crippen LogP contribution in [0.2, 0.25) is 0 Å². The highest BCUT2D eigenvalue weighted by Crippen LogP contribution is 2.53. The third-order valence-corrected chi connectivity index (χ3v) is 13.6. The van der Waals surface area contributed by atoms with Gasteiger partial charge in [-0.25, -0.2) is 0 Å². The number of nitrogens with zero attached hydrogens (tertiary/aromatic N) is 2. The fraction of sp³-hybridized carbons (Fsp3) is 0.161. The highest BCUT2D eigenvalue weighted by Gasteiger charge is 2.28. The predicted molar refractivity (Wildman–Crippen MR) is 278 cm³/mol. The molecule has 0 atom stereocenters. The van der Waals surface area contributed by atoms with E-state index in [1.165, 1.54) is 111 Å². The largest absolute Gasteiger partial charge is 0.309 e. The molecular weight excluding hydrogens is 773 g/mol. The average Bonchev–Trinajstić information content (AvgIpc) is 3.32. The molecular formula is C62H56N2. The summed E-state index contributed by atoms with van der Waals surface area (Å²) in [5.74, 6) is 0.573. The molecule has 64 heavy (non-hydrogen) atoms. The van der Waals surface area contributed by atoms with Gasteiger partial charge in [0.1, 0.15) is 0 Å². The molecule has 10 aromatic carbocycles. The molecule has 0 radical (unpaired) electrons. The number of hydrogen-bond acceptors (Lipinski definition) is 2. The van der Waals surface area contributed by atoms with Gasteiger partial charge in [0.25, 0.3) is 0 Å². The van der Waals surface area contributed by atoms with E-state index in [0.29, 0.717) is 0 Å². The summed E-state index contributed by atoms with van der Waals surface area (Å²) in [7, 11) is 0. The summed E-state index contributed by atoms with van der Waals surface area (Å²) in [6, 6.07) is 67.5. The Balaban J connectivity index is 1.33. The molecule has 0 aliphatic heterocycles. The Morgan fingerprint density at radius 1 is 0.344 bits per heavy atom. The molecule has 0 spiro atoms. The first-order chi connectivity index (χ1) is 31.1. The van der Waals surface area contributed by atoms with Crippen molar-refractivity contribution in [1.82, 2.24) is 0 Å². The summed E-state index contributed by atoms with van der Waals surface area (Å²) in [6.07, 6.45) is 0. The SMILES string of the molecule is Cc1ccc(-c2ccccc2)c(C)c1N(c1ccccc1)c1cc(C(C)C)c2ccc3c(N(c4ccccc4)c4c(C)ccc(-c5ccccc5)c4C)cc(C(C)C)c4ccc1c2c43. The predicted octanol–water partition coefficient (Wildman–Crippen LogP) is 18.3. The van der Waals surface area contributed by atoms with Gasteiger partial charge in [-0.2, -0.15) is 0 Å². The summed E-state index contributed by atoms with van der Waals surface area (Å²) in [5.41, 5.74) is 19.8. The van der Waals surface area contributed by atoms with Crippen molar-refractivity contribution in [2.75, 3.05) is 9.80 Å². The van der Waals surface area contributed by atoms with Crippen LogP contribution in [0.15, 0.2) is 182 Å². The molecule has 0 saturated heterocycles. The van der Waals surface area contributed by atoms with E-state index in [4.69, 9.17) is 0 Å². The van der Waals surface area contributed by atoms with Gasteiger partial charge in [-0.3, -0.25) is 0 Å². The molecule has 0 aliphatic rings. The van der Waals surface area contributed by atoms with Crippen LogP contribution in [0.3, 0.4) is 0 Å². The van der Waals surface area contributed by atoms with Crippen LogP contribution in [0.1, 0.15) is 72.9 Å². The number of aryl methyl sites for hydroxylation is 2. The molecule has 0 fully saturated rings. The van der Waals surface area contributed by atoms with Gasteiger partial charge >= 0.3 is 0 Å². The van der Waals surface area contributed by atoms with Gasteiger partial charge in [0.15, 0.2) is 0 Å². The lowest BCUT2D eigenvalue weighted by Gasteiger charge is -2.34. The quantitative estimate of drug-likeness (QED) is 0.127. The Morgan fingerprint density at radius 2 is 0.672 bits per heavy atom. The highest BCUT2D eigenvalue weighted by molar-refractivity contribution is 6.29. The summed E-state index contributed by atoms with van der Waals surface area (Å²) < 4.78 is 0. The molecule has 314 valence electrons. The molecule has 10 aromatic rings.